The summed E-state index contributed by atoms with van der Waals surface area (Å²) in [7, 11) is 0. The van der Waals surface area contributed by atoms with Crippen molar-refractivity contribution in [2.75, 3.05) is 11.9 Å². The van der Waals surface area contributed by atoms with Gasteiger partial charge in [-0.15, -0.1) is 15.0 Å². The number of pyridine rings is 1. The van der Waals surface area contributed by atoms with E-state index < -0.39 is 0 Å². The molecule has 5 aromatic rings. The van der Waals surface area contributed by atoms with Crippen LogP contribution in [0.15, 0.2) is 79.0 Å². The van der Waals surface area contributed by atoms with E-state index in [9.17, 15) is 4.79 Å². The average molecular weight is 409 g/mol. The van der Waals surface area contributed by atoms with Crippen LogP contribution in [0.4, 0.5) is 5.69 Å². The van der Waals surface area contributed by atoms with Crippen molar-refractivity contribution in [2.45, 2.75) is 6.92 Å². The summed E-state index contributed by atoms with van der Waals surface area (Å²) < 4.78 is 5.83. The van der Waals surface area contributed by atoms with E-state index in [4.69, 9.17) is 4.74 Å². The molecule has 1 N–H and O–H groups in total. The van der Waals surface area contributed by atoms with Gasteiger partial charge in [-0.1, -0.05) is 36.4 Å². The molecule has 2 aromatic heterocycles. The highest BCUT2D eigenvalue weighted by atomic mass is 16.5. The number of hydrogen-bond donors (Lipinski definition) is 1. The van der Waals surface area contributed by atoms with E-state index in [0.29, 0.717) is 17.1 Å². The van der Waals surface area contributed by atoms with Crippen molar-refractivity contribution in [1.82, 2.24) is 20.0 Å². The van der Waals surface area contributed by atoms with Crippen LogP contribution in [-0.4, -0.2) is 32.5 Å². The molecule has 0 aliphatic heterocycles. The number of aryl methyl sites for hydroxylation is 1. The summed E-state index contributed by atoms with van der Waals surface area (Å²) in [4.78, 5) is 18.4. The van der Waals surface area contributed by atoms with E-state index in [0.717, 1.165) is 27.5 Å². The third-order valence-corrected chi connectivity index (χ3v) is 4.85. The third-order valence-electron chi connectivity index (χ3n) is 4.85. The minimum absolute atomic E-state index is 0.149. The molecule has 0 radical (unpaired) electrons. The summed E-state index contributed by atoms with van der Waals surface area (Å²) in [5.41, 5.74) is 4.79. The van der Waals surface area contributed by atoms with E-state index in [1.165, 1.54) is 4.80 Å². The molecule has 0 aliphatic carbocycles. The lowest BCUT2D eigenvalue weighted by molar-refractivity contribution is -0.118. The van der Waals surface area contributed by atoms with Crippen LogP contribution < -0.4 is 10.1 Å². The molecule has 152 valence electrons. The standard InChI is InChI=1S/C24H19N5O2/c1-16-10-11-23(22(12-16)29-27-20-8-4-5-9-21(20)28-29)31-15-24(30)26-18-13-17-6-2-3-7-19(17)25-14-18/h2-14H,15H2,1H3,(H,26,30). The van der Waals surface area contributed by atoms with Crippen LogP contribution >= 0.6 is 0 Å². The number of anilines is 1. The van der Waals surface area contributed by atoms with Gasteiger partial charge >= 0.3 is 0 Å². The fourth-order valence-corrected chi connectivity index (χ4v) is 3.35. The number of hydrogen-bond acceptors (Lipinski definition) is 5. The number of carbonyl (C=O) groups excluding carboxylic acids is 1. The molecule has 7 nitrogen and oxygen atoms in total. The second-order valence-corrected chi connectivity index (χ2v) is 7.20. The van der Waals surface area contributed by atoms with Crippen LogP contribution in [0.5, 0.6) is 5.75 Å². The molecule has 0 bridgehead atoms. The Kier molecular flexibility index (Phi) is 4.76. The van der Waals surface area contributed by atoms with E-state index in [1.54, 1.807) is 6.20 Å². The van der Waals surface area contributed by atoms with Crippen molar-refractivity contribution in [3.05, 3.63) is 84.6 Å². The number of nitrogens with one attached hydrogen (secondary N) is 1. The van der Waals surface area contributed by atoms with Crippen molar-refractivity contribution in [2.24, 2.45) is 0 Å². The van der Waals surface area contributed by atoms with Crippen LogP contribution in [0.1, 0.15) is 5.56 Å². The molecule has 0 unspecified atom stereocenters. The summed E-state index contributed by atoms with van der Waals surface area (Å²) in [6, 6.07) is 22.9. The maximum atomic E-state index is 12.5. The van der Waals surface area contributed by atoms with Gasteiger partial charge in [0.15, 0.2) is 6.61 Å². The Hall–Kier alpha value is -4.26. The molecule has 3 aromatic carbocycles. The second-order valence-electron chi connectivity index (χ2n) is 7.20. The van der Waals surface area contributed by atoms with Crippen molar-refractivity contribution in [3.63, 3.8) is 0 Å². The number of ether oxygens (including phenoxy) is 1. The Bertz CT molecular complexity index is 1380. The highest BCUT2D eigenvalue weighted by Gasteiger charge is 2.13. The zero-order chi connectivity index (χ0) is 21.2. The Morgan fingerprint density at radius 3 is 2.42 bits per heavy atom. The molecular formula is C24H19N5O2. The molecule has 0 atom stereocenters. The van der Waals surface area contributed by atoms with Gasteiger partial charge in [-0.05, 0) is 48.9 Å². The van der Waals surface area contributed by atoms with Gasteiger partial charge in [0, 0.05) is 5.39 Å². The summed E-state index contributed by atoms with van der Waals surface area (Å²) in [6.07, 6.45) is 1.64. The van der Waals surface area contributed by atoms with Crippen molar-refractivity contribution in [3.8, 4) is 11.4 Å². The predicted octanol–water partition coefficient (Wildman–Crippen LogP) is 4.29. The molecule has 0 aliphatic rings. The minimum atomic E-state index is -0.276. The van der Waals surface area contributed by atoms with Crippen molar-refractivity contribution in [1.29, 1.82) is 0 Å². The number of rotatable bonds is 5. The highest BCUT2D eigenvalue weighted by Crippen LogP contribution is 2.24. The molecule has 0 saturated heterocycles. The number of fused-ring (bicyclic) bond motifs is 2. The largest absolute Gasteiger partial charge is 0.481 e. The van der Waals surface area contributed by atoms with Crippen molar-refractivity contribution >= 4 is 33.5 Å². The van der Waals surface area contributed by atoms with E-state index in [2.05, 4.69) is 20.5 Å². The van der Waals surface area contributed by atoms with Crippen LogP contribution in [-0.2, 0) is 4.79 Å². The van der Waals surface area contributed by atoms with Gasteiger partial charge in [0.1, 0.15) is 22.5 Å². The maximum absolute atomic E-state index is 12.5. The normalized spacial score (nSPS) is 11.0. The van der Waals surface area contributed by atoms with E-state index in [1.807, 2.05) is 79.7 Å². The van der Waals surface area contributed by atoms with E-state index >= 15 is 0 Å². The second kappa shape index (κ2) is 7.87. The summed E-state index contributed by atoms with van der Waals surface area (Å²) in [6.45, 7) is 1.83. The Balaban J connectivity index is 1.34. The molecule has 1 amide bonds. The lowest BCUT2D eigenvalue weighted by Crippen LogP contribution is -2.21. The zero-order valence-electron chi connectivity index (χ0n) is 16.8. The first-order valence-electron chi connectivity index (χ1n) is 9.86. The molecule has 31 heavy (non-hydrogen) atoms. The molecule has 0 fully saturated rings. The highest BCUT2D eigenvalue weighted by molar-refractivity contribution is 5.94. The topological polar surface area (TPSA) is 81.9 Å². The lowest BCUT2D eigenvalue weighted by atomic mass is 10.2. The fourth-order valence-electron chi connectivity index (χ4n) is 3.35. The number of para-hydroxylation sites is 1. The van der Waals surface area contributed by atoms with Crippen LogP contribution in [0, 0.1) is 6.92 Å². The molecule has 7 heteroatoms. The smallest absolute Gasteiger partial charge is 0.262 e. The summed E-state index contributed by atoms with van der Waals surface area (Å²) >= 11 is 0. The molecule has 0 spiro atoms. The molecular weight excluding hydrogens is 390 g/mol. The zero-order valence-corrected chi connectivity index (χ0v) is 16.8. The first-order valence-corrected chi connectivity index (χ1v) is 9.86. The number of carbonyl (C=O) groups is 1. The Morgan fingerprint density at radius 1 is 0.935 bits per heavy atom. The number of aromatic nitrogens is 4. The number of amides is 1. The summed E-state index contributed by atoms with van der Waals surface area (Å²) in [5.74, 6) is 0.250. The van der Waals surface area contributed by atoms with Crippen molar-refractivity contribution < 1.29 is 9.53 Å². The quantitative estimate of drug-likeness (QED) is 0.468. The Morgan fingerprint density at radius 2 is 1.65 bits per heavy atom. The van der Waals surface area contributed by atoms with Gasteiger partial charge in [-0.25, -0.2) is 0 Å². The van der Waals surface area contributed by atoms with Gasteiger partial charge in [-0.2, -0.15) is 0 Å². The van der Waals surface area contributed by atoms with Gasteiger partial charge < -0.3 is 10.1 Å². The molecule has 2 heterocycles. The van der Waals surface area contributed by atoms with Crippen LogP contribution in [0.2, 0.25) is 0 Å². The van der Waals surface area contributed by atoms with Gasteiger partial charge in [0.2, 0.25) is 0 Å². The first-order chi connectivity index (χ1) is 15.2. The average Bonchev–Trinajstić information content (AvgIpc) is 3.22. The fraction of sp³-hybridized carbons (Fsp3) is 0.0833. The van der Waals surface area contributed by atoms with E-state index in [-0.39, 0.29) is 12.5 Å². The van der Waals surface area contributed by atoms with Crippen LogP contribution in [0.25, 0.3) is 27.6 Å². The van der Waals surface area contributed by atoms with Gasteiger partial charge in [0.05, 0.1) is 17.4 Å². The van der Waals surface area contributed by atoms with Gasteiger partial charge in [0.25, 0.3) is 5.91 Å². The molecule has 5 rings (SSSR count). The number of benzene rings is 3. The summed E-state index contributed by atoms with van der Waals surface area (Å²) in [5, 5.41) is 12.8. The number of nitrogens with zero attached hydrogens (tertiary/aromatic N) is 4. The Labute approximate surface area is 178 Å². The lowest BCUT2D eigenvalue weighted by Gasteiger charge is -2.12. The van der Waals surface area contributed by atoms with Crippen LogP contribution in [0.3, 0.4) is 0 Å². The van der Waals surface area contributed by atoms with Gasteiger partial charge in [-0.3, -0.25) is 9.78 Å². The molecule has 0 saturated carbocycles. The predicted molar refractivity (Wildman–Crippen MR) is 119 cm³/mol. The monoisotopic (exact) mass is 409 g/mol. The maximum Gasteiger partial charge on any atom is 0.262 e. The minimum Gasteiger partial charge on any atom is -0.481 e. The third kappa shape index (κ3) is 3.93. The first kappa shape index (κ1) is 18.7. The SMILES string of the molecule is Cc1ccc(OCC(=O)Nc2cnc3ccccc3c2)c(-n2nc3ccccc3n2)c1.